The van der Waals surface area contributed by atoms with Crippen molar-refractivity contribution in [3.05, 3.63) is 42.1 Å². The molecule has 1 aromatic carbocycles. The van der Waals surface area contributed by atoms with E-state index in [1.54, 1.807) is 7.11 Å². The lowest BCUT2D eigenvalue weighted by Gasteiger charge is -2.10. The zero-order chi connectivity index (χ0) is 9.14. The van der Waals surface area contributed by atoms with Gasteiger partial charge in [0.05, 0.1) is 6.10 Å². The number of methoxy groups -OCH3 is 1. The smallest absolute Gasteiger partial charge is 0.123 e. The second kappa shape index (κ2) is 3.68. The lowest BCUT2D eigenvalue weighted by molar-refractivity contribution is 0.140. The molecule has 0 saturated carbocycles. The van der Waals surface area contributed by atoms with Crippen LogP contribution in [-0.2, 0) is 4.74 Å². The zero-order valence-electron chi connectivity index (χ0n) is 7.30. The Balaban J connectivity index is 3.00. The van der Waals surface area contributed by atoms with Gasteiger partial charge in [0.2, 0.25) is 0 Å². The molecule has 0 aliphatic heterocycles. The molecule has 1 nitrogen and oxygen atoms in total. The van der Waals surface area contributed by atoms with Gasteiger partial charge in [-0.15, -0.1) is 0 Å². The summed E-state index contributed by atoms with van der Waals surface area (Å²) in [4.78, 5) is 0. The van der Waals surface area contributed by atoms with Crippen LogP contribution in [0.25, 0.3) is 0 Å². The number of ether oxygens (including phenoxy) is 1. The summed E-state index contributed by atoms with van der Waals surface area (Å²) in [7, 11) is 1.55. The third kappa shape index (κ3) is 2.05. The van der Waals surface area contributed by atoms with Crippen molar-refractivity contribution in [3.8, 4) is 0 Å². The van der Waals surface area contributed by atoms with E-state index in [0.717, 1.165) is 11.1 Å². The first-order chi connectivity index (χ1) is 5.63. The molecule has 1 atom stereocenters. The molecule has 0 aromatic heterocycles. The van der Waals surface area contributed by atoms with E-state index < -0.39 is 0 Å². The number of aryl methyl sites for hydroxylation is 1. The van der Waals surface area contributed by atoms with Crippen molar-refractivity contribution in [1.29, 1.82) is 0 Å². The van der Waals surface area contributed by atoms with Gasteiger partial charge in [-0.25, -0.2) is 4.39 Å². The van der Waals surface area contributed by atoms with Crippen LogP contribution in [0.5, 0.6) is 0 Å². The first kappa shape index (κ1) is 9.20. The maximum Gasteiger partial charge on any atom is 0.123 e. The van der Waals surface area contributed by atoms with Crippen LogP contribution in [0.15, 0.2) is 18.2 Å². The summed E-state index contributed by atoms with van der Waals surface area (Å²) in [5, 5.41) is 0. The van der Waals surface area contributed by atoms with E-state index in [9.17, 15) is 4.39 Å². The summed E-state index contributed by atoms with van der Waals surface area (Å²) < 4.78 is 17.8. The van der Waals surface area contributed by atoms with Gasteiger partial charge in [-0.2, -0.15) is 0 Å². The normalized spacial score (nSPS) is 13.0. The fourth-order valence-electron chi connectivity index (χ4n) is 1.09. The Kier molecular flexibility index (Phi) is 2.82. The summed E-state index contributed by atoms with van der Waals surface area (Å²) in [6, 6.07) is 4.78. The summed E-state index contributed by atoms with van der Waals surface area (Å²) in [5.74, 6) is -0.240. The average molecular weight is 167 g/mol. The lowest BCUT2D eigenvalue weighted by Crippen LogP contribution is -1.97. The van der Waals surface area contributed by atoms with E-state index in [1.165, 1.54) is 12.1 Å². The zero-order valence-corrected chi connectivity index (χ0v) is 7.30. The minimum Gasteiger partial charge on any atom is -0.377 e. The second-order valence-electron chi connectivity index (χ2n) is 2.79. The van der Waals surface area contributed by atoms with Crippen LogP contribution in [0.4, 0.5) is 4.39 Å². The van der Waals surface area contributed by atoms with Crippen LogP contribution in [-0.4, -0.2) is 7.11 Å². The number of benzene rings is 1. The van der Waals surface area contributed by atoms with E-state index in [-0.39, 0.29) is 11.9 Å². The van der Waals surface area contributed by atoms with Gasteiger partial charge >= 0.3 is 0 Å². The van der Waals surface area contributed by atoms with Crippen molar-refractivity contribution in [1.82, 2.24) is 0 Å². The van der Waals surface area contributed by atoms with E-state index in [0.29, 0.717) is 0 Å². The minimum absolute atomic E-state index is 0.240. The molecule has 65 valence electrons. The quantitative estimate of drug-likeness (QED) is 0.658. The maximum absolute atomic E-state index is 12.8. The van der Waals surface area contributed by atoms with Crippen molar-refractivity contribution in [3.63, 3.8) is 0 Å². The standard InChI is InChI=1S/C10H12FO/c1-7-4-9(8(2)12-3)6-10(11)5-7/h4-6,8H,2H2,1,3H3. The minimum atomic E-state index is -0.292. The summed E-state index contributed by atoms with van der Waals surface area (Å²) in [5.41, 5.74) is 1.66. The van der Waals surface area contributed by atoms with Gasteiger partial charge in [-0.1, -0.05) is 6.07 Å². The summed E-state index contributed by atoms with van der Waals surface area (Å²) in [6.45, 7) is 5.56. The van der Waals surface area contributed by atoms with E-state index in [4.69, 9.17) is 4.74 Å². The van der Waals surface area contributed by atoms with Crippen molar-refractivity contribution >= 4 is 0 Å². The number of hydrogen-bond acceptors (Lipinski definition) is 1. The molecule has 0 aliphatic carbocycles. The molecule has 1 aromatic rings. The molecule has 1 rings (SSSR count). The number of rotatable bonds is 2. The van der Waals surface area contributed by atoms with Crippen molar-refractivity contribution in [2.45, 2.75) is 13.0 Å². The van der Waals surface area contributed by atoms with Gasteiger partial charge in [-0.3, -0.25) is 0 Å². The van der Waals surface area contributed by atoms with E-state index in [1.807, 2.05) is 13.0 Å². The molecular weight excluding hydrogens is 155 g/mol. The van der Waals surface area contributed by atoms with E-state index >= 15 is 0 Å². The number of hydrogen-bond donors (Lipinski definition) is 0. The van der Waals surface area contributed by atoms with Crippen LogP contribution in [0.3, 0.4) is 0 Å². The van der Waals surface area contributed by atoms with Crippen LogP contribution < -0.4 is 0 Å². The first-order valence-electron chi connectivity index (χ1n) is 3.76. The van der Waals surface area contributed by atoms with Gasteiger partial charge in [0.1, 0.15) is 5.82 Å². The highest BCUT2D eigenvalue weighted by molar-refractivity contribution is 5.25. The largest absolute Gasteiger partial charge is 0.377 e. The van der Waals surface area contributed by atoms with Gasteiger partial charge in [0.15, 0.2) is 0 Å². The Bertz CT molecular complexity index is 250. The Morgan fingerprint density at radius 3 is 2.58 bits per heavy atom. The fraction of sp³-hybridized carbons (Fsp3) is 0.300. The molecule has 1 radical (unpaired) electrons. The SMILES string of the molecule is [CH2]C(OC)c1cc(C)cc(F)c1. The monoisotopic (exact) mass is 167 g/mol. The molecule has 0 amide bonds. The second-order valence-corrected chi connectivity index (χ2v) is 2.79. The molecule has 0 aliphatic rings. The molecule has 0 spiro atoms. The summed E-state index contributed by atoms with van der Waals surface area (Å²) >= 11 is 0. The average Bonchev–Trinajstić information content (AvgIpc) is 2.01. The van der Waals surface area contributed by atoms with E-state index in [2.05, 4.69) is 6.92 Å². The third-order valence-corrected chi connectivity index (χ3v) is 1.72. The molecule has 1 unspecified atom stereocenters. The maximum atomic E-state index is 12.8. The van der Waals surface area contributed by atoms with Crippen LogP contribution >= 0.6 is 0 Å². The first-order valence-corrected chi connectivity index (χ1v) is 3.76. The van der Waals surface area contributed by atoms with Crippen LogP contribution in [0.2, 0.25) is 0 Å². The Morgan fingerprint density at radius 2 is 2.08 bits per heavy atom. The Hall–Kier alpha value is -0.890. The van der Waals surface area contributed by atoms with Crippen molar-refractivity contribution in [2.24, 2.45) is 0 Å². The molecule has 0 fully saturated rings. The fourth-order valence-corrected chi connectivity index (χ4v) is 1.09. The highest BCUT2D eigenvalue weighted by Gasteiger charge is 2.05. The van der Waals surface area contributed by atoms with Gasteiger partial charge in [0, 0.05) is 7.11 Å². The Labute approximate surface area is 72.2 Å². The summed E-state index contributed by atoms with van der Waals surface area (Å²) in [6.07, 6.45) is -0.292. The molecule has 2 heteroatoms. The molecule has 0 bridgehead atoms. The predicted octanol–water partition coefficient (Wildman–Crippen LogP) is 2.66. The van der Waals surface area contributed by atoms with Crippen LogP contribution in [0, 0.1) is 19.7 Å². The molecule has 0 N–H and O–H groups in total. The predicted molar refractivity (Wildman–Crippen MR) is 46.2 cm³/mol. The molecular formula is C10H12FO. The highest BCUT2D eigenvalue weighted by Crippen LogP contribution is 2.17. The highest BCUT2D eigenvalue weighted by atomic mass is 19.1. The van der Waals surface area contributed by atoms with Crippen molar-refractivity contribution in [2.75, 3.05) is 7.11 Å². The molecule has 0 heterocycles. The third-order valence-electron chi connectivity index (χ3n) is 1.72. The van der Waals surface area contributed by atoms with Gasteiger partial charge in [0.25, 0.3) is 0 Å². The topological polar surface area (TPSA) is 9.23 Å². The van der Waals surface area contributed by atoms with Gasteiger partial charge in [-0.05, 0) is 37.1 Å². The van der Waals surface area contributed by atoms with Gasteiger partial charge < -0.3 is 4.74 Å². The Morgan fingerprint density at radius 1 is 1.42 bits per heavy atom. The molecule has 12 heavy (non-hydrogen) atoms. The lowest BCUT2D eigenvalue weighted by atomic mass is 10.1. The van der Waals surface area contributed by atoms with Crippen LogP contribution in [0.1, 0.15) is 17.2 Å². The number of halogens is 1. The van der Waals surface area contributed by atoms with Crippen molar-refractivity contribution < 1.29 is 9.13 Å². The molecule has 0 saturated heterocycles.